The van der Waals surface area contributed by atoms with Gasteiger partial charge in [0.2, 0.25) is 5.91 Å². The number of aromatic nitrogens is 1. The van der Waals surface area contributed by atoms with E-state index in [4.69, 9.17) is 9.47 Å². The van der Waals surface area contributed by atoms with Crippen molar-refractivity contribution in [3.8, 4) is 0 Å². The summed E-state index contributed by atoms with van der Waals surface area (Å²) in [4.78, 5) is 43.3. The summed E-state index contributed by atoms with van der Waals surface area (Å²) >= 11 is 1.37. The van der Waals surface area contributed by atoms with Gasteiger partial charge in [-0.3, -0.25) is 9.78 Å². The number of nitrogens with zero attached hydrogens (tertiary/aromatic N) is 1. The molecule has 0 aliphatic rings. The molecule has 5 N–H and O–H groups in total. The fourth-order valence-corrected chi connectivity index (χ4v) is 5.04. The van der Waals surface area contributed by atoms with Crippen LogP contribution in [0, 0.1) is 5.92 Å². The van der Waals surface area contributed by atoms with Crippen molar-refractivity contribution in [1.29, 1.82) is 0 Å². The molecule has 0 radical (unpaired) electrons. The van der Waals surface area contributed by atoms with Crippen LogP contribution in [0.2, 0.25) is 0 Å². The number of carbonyl (C=O) groups excluding carboxylic acids is 3. The van der Waals surface area contributed by atoms with Gasteiger partial charge in [0.1, 0.15) is 19.3 Å². The number of aliphatic hydroxyl groups is 2. The first kappa shape index (κ1) is 34.5. The van der Waals surface area contributed by atoms with Gasteiger partial charge in [-0.15, -0.1) is 11.3 Å². The first-order valence-corrected chi connectivity index (χ1v) is 15.5. The average Bonchev–Trinajstić information content (AvgIpc) is 3.52. The van der Waals surface area contributed by atoms with Crippen LogP contribution in [-0.4, -0.2) is 70.2 Å². The Morgan fingerprint density at radius 1 is 0.841 bits per heavy atom. The SMILES string of the molecule is CC(O)COC(=O)N[C@H](C(=O)NC(Cc1ccccc1)CC(O)C(Cc1ccccc1)NC(=O)OCc1cncs1)C(C)C. The second kappa shape index (κ2) is 18.0. The van der Waals surface area contributed by atoms with Crippen LogP contribution in [0.15, 0.2) is 72.4 Å². The molecule has 1 heterocycles. The molecule has 12 heteroatoms. The molecule has 0 aliphatic carbocycles. The number of carbonyl (C=O) groups is 3. The minimum atomic E-state index is -1.07. The molecule has 11 nitrogen and oxygen atoms in total. The lowest BCUT2D eigenvalue weighted by Crippen LogP contribution is -2.54. The topological polar surface area (TPSA) is 159 Å². The molecule has 0 saturated heterocycles. The van der Waals surface area contributed by atoms with Gasteiger partial charge in [-0.25, -0.2) is 9.59 Å². The molecule has 2 aromatic carbocycles. The number of hydrogen-bond donors (Lipinski definition) is 5. The van der Waals surface area contributed by atoms with Gasteiger partial charge in [0, 0.05) is 12.2 Å². The summed E-state index contributed by atoms with van der Waals surface area (Å²) in [5, 5.41) is 29.3. The highest BCUT2D eigenvalue weighted by Gasteiger charge is 2.30. The van der Waals surface area contributed by atoms with Crippen molar-refractivity contribution in [1.82, 2.24) is 20.9 Å². The summed E-state index contributed by atoms with van der Waals surface area (Å²) in [6.07, 6.45) is -0.955. The molecular weight excluding hydrogens is 584 g/mol. The highest BCUT2D eigenvalue weighted by atomic mass is 32.1. The number of hydrogen-bond acceptors (Lipinski definition) is 9. The Labute approximate surface area is 262 Å². The molecule has 0 saturated carbocycles. The van der Waals surface area contributed by atoms with Crippen LogP contribution in [0.4, 0.5) is 9.59 Å². The van der Waals surface area contributed by atoms with E-state index in [1.54, 1.807) is 25.6 Å². The summed E-state index contributed by atoms with van der Waals surface area (Å²) in [6, 6.07) is 16.8. The van der Waals surface area contributed by atoms with Gasteiger partial charge in [-0.05, 0) is 43.2 Å². The lowest BCUT2D eigenvalue weighted by molar-refractivity contribution is -0.125. The van der Waals surface area contributed by atoms with Crippen LogP contribution in [0.1, 0.15) is 43.2 Å². The van der Waals surface area contributed by atoms with Gasteiger partial charge in [0.05, 0.1) is 28.6 Å². The zero-order valence-electron chi connectivity index (χ0n) is 25.2. The van der Waals surface area contributed by atoms with Crippen LogP contribution in [0.3, 0.4) is 0 Å². The largest absolute Gasteiger partial charge is 0.447 e. The number of amides is 3. The Kier molecular flexibility index (Phi) is 14.1. The third-order valence-corrected chi connectivity index (χ3v) is 7.52. The summed E-state index contributed by atoms with van der Waals surface area (Å²) in [5.41, 5.74) is 3.49. The predicted molar refractivity (Wildman–Crippen MR) is 167 cm³/mol. The molecule has 5 atom stereocenters. The van der Waals surface area contributed by atoms with E-state index in [1.165, 1.54) is 18.3 Å². The Bertz CT molecular complexity index is 1280. The summed E-state index contributed by atoms with van der Waals surface area (Å²) in [6.45, 7) is 4.92. The van der Waals surface area contributed by atoms with Gasteiger partial charge in [0.15, 0.2) is 0 Å². The van der Waals surface area contributed by atoms with Crippen molar-refractivity contribution in [2.75, 3.05) is 6.61 Å². The maximum absolute atomic E-state index is 13.5. The maximum atomic E-state index is 13.5. The maximum Gasteiger partial charge on any atom is 0.407 e. The lowest BCUT2D eigenvalue weighted by atomic mass is 9.93. The number of ether oxygens (including phenoxy) is 2. The van der Waals surface area contributed by atoms with Crippen LogP contribution in [-0.2, 0) is 33.7 Å². The van der Waals surface area contributed by atoms with Crippen LogP contribution < -0.4 is 16.0 Å². The molecular formula is C32H42N4O7S. The molecule has 3 aromatic rings. The molecule has 1 aromatic heterocycles. The van der Waals surface area contributed by atoms with Crippen molar-refractivity contribution >= 4 is 29.4 Å². The number of benzene rings is 2. The van der Waals surface area contributed by atoms with Crippen molar-refractivity contribution in [3.63, 3.8) is 0 Å². The van der Waals surface area contributed by atoms with Crippen LogP contribution in [0.25, 0.3) is 0 Å². The van der Waals surface area contributed by atoms with Crippen molar-refractivity contribution in [2.24, 2.45) is 5.92 Å². The minimum Gasteiger partial charge on any atom is -0.447 e. The van der Waals surface area contributed by atoms with E-state index in [2.05, 4.69) is 20.9 Å². The minimum absolute atomic E-state index is 0.0561. The number of thiazole rings is 1. The van der Waals surface area contributed by atoms with Gasteiger partial charge in [0.25, 0.3) is 0 Å². The molecule has 3 amide bonds. The quantitative estimate of drug-likeness (QED) is 0.161. The van der Waals surface area contributed by atoms with Gasteiger partial charge in [-0.2, -0.15) is 0 Å². The summed E-state index contributed by atoms with van der Waals surface area (Å²) < 4.78 is 10.4. The summed E-state index contributed by atoms with van der Waals surface area (Å²) in [7, 11) is 0. The van der Waals surface area contributed by atoms with Crippen molar-refractivity contribution in [2.45, 2.75) is 77.0 Å². The molecule has 0 bridgehead atoms. The number of rotatable bonds is 16. The predicted octanol–water partition coefficient (Wildman–Crippen LogP) is 3.59. The fourth-order valence-electron chi connectivity index (χ4n) is 4.53. The van der Waals surface area contributed by atoms with Gasteiger partial charge < -0.3 is 35.6 Å². The van der Waals surface area contributed by atoms with E-state index in [0.29, 0.717) is 12.8 Å². The molecule has 238 valence electrons. The first-order chi connectivity index (χ1) is 21.1. The zero-order chi connectivity index (χ0) is 31.9. The highest BCUT2D eigenvalue weighted by Crippen LogP contribution is 2.16. The van der Waals surface area contributed by atoms with Gasteiger partial charge >= 0.3 is 12.2 Å². The molecule has 3 rings (SSSR count). The van der Waals surface area contributed by atoms with Gasteiger partial charge in [-0.1, -0.05) is 74.5 Å². The van der Waals surface area contributed by atoms with E-state index in [1.807, 2.05) is 60.7 Å². The van der Waals surface area contributed by atoms with E-state index in [-0.39, 0.29) is 25.6 Å². The first-order valence-electron chi connectivity index (χ1n) is 14.6. The van der Waals surface area contributed by atoms with E-state index in [0.717, 1.165) is 16.0 Å². The monoisotopic (exact) mass is 626 g/mol. The van der Waals surface area contributed by atoms with Crippen LogP contribution >= 0.6 is 11.3 Å². The van der Waals surface area contributed by atoms with Crippen LogP contribution in [0.5, 0.6) is 0 Å². The van der Waals surface area contributed by atoms with E-state index < -0.39 is 48.4 Å². The number of alkyl carbamates (subject to hydrolysis) is 2. The Morgan fingerprint density at radius 2 is 1.45 bits per heavy atom. The second-order valence-electron chi connectivity index (χ2n) is 11.0. The van der Waals surface area contributed by atoms with E-state index in [9.17, 15) is 24.6 Å². The third kappa shape index (κ3) is 12.3. The van der Waals surface area contributed by atoms with E-state index >= 15 is 0 Å². The van der Waals surface area contributed by atoms with Crippen molar-refractivity contribution < 1.29 is 34.1 Å². The molecule has 0 aliphatic heterocycles. The fraction of sp³-hybridized carbons (Fsp3) is 0.438. The summed E-state index contributed by atoms with van der Waals surface area (Å²) in [5.74, 6) is -0.726. The number of nitrogens with one attached hydrogen (secondary N) is 3. The smallest absolute Gasteiger partial charge is 0.407 e. The normalized spacial score (nSPS) is 14.5. The molecule has 0 fully saturated rings. The Balaban J connectivity index is 1.75. The number of aliphatic hydroxyl groups excluding tert-OH is 2. The second-order valence-corrected chi connectivity index (χ2v) is 12.0. The van der Waals surface area contributed by atoms with Crippen molar-refractivity contribution in [3.05, 3.63) is 88.4 Å². The Morgan fingerprint density at radius 3 is 2.02 bits per heavy atom. The third-order valence-electron chi connectivity index (χ3n) is 6.77. The highest BCUT2D eigenvalue weighted by molar-refractivity contribution is 7.09. The lowest BCUT2D eigenvalue weighted by Gasteiger charge is -2.30. The molecule has 0 spiro atoms. The Hall–Kier alpha value is -4.00. The molecule has 44 heavy (non-hydrogen) atoms. The average molecular weight is 627 g/mol. The standard InChI is InChI=1S/C32H42N4O7S/c1-21(2)29(36-32(41)42-18-22(3)37)30(39)34-25(14-23-10-6-4-7-11-23)16-28(38)27(15-24-12-8-5-9-13-24)35-31(40)43-19-26-17-33-20-44-26/h4-13,17,20-22,25,27-29,37-38H,14-16,18-19H2,1-3H3,(H,34,39)(H,35,40)(H,36,41)/t22?,25?,27?,28?,29-/m0/s1. The molecule has 4 unspecified atom stereocenters. The zero-order valence-corrected chi connectivity index (χ0v) is 26.0.